The molecule has 5 rings (SSSR count). The summed E-state index contributed by atoms with van der Waals surface area (Å²) in [5.41, 5.74) is 0.301. The van der Waals surface area contributed by atoms with Gasteiger partial charge in [-0.3, -0.25) is 0 Å². The molecule has 5 fully saturated rings. The van der Waals surface area contributed by atoms with Gasteiger partial charge in [0, 0.05) is 5.31 Å². The Hall–Kier alpha value is -0.0151. The Balaban J connectivity index is 1.59. The molecule has 18 heavy (non-hydrogen) atoms. The van der Waals surface area contributed by atoms with Crippen LogP contribution in [-0.2, 0) is 9.31 Å². The zero-order valence-electron chi connectivity index (χ0n) is 12.4. The molecule has 0 unspecified atom stereocenters. The molecule has 0 N–H and O–H groups in total. The van der Waals surface area contributed by atoms with Gasteiger partial charge in [-0.15, -0.1) is 0 Å². The SMILES string of the molecule is CC12CC(B3OC(C)(C)C(C)(C)O3)(C1)[C@H]2C1CC1. The van der Waals surface area contributed by atoms with Gasteiger partial charge in [0.1, 0.15) is 0 Å². The molecule has 1 aliphatic heterocycles. The molecule has 0 aromatic heterocycles. The monoisotopic (exact) mass is 248 g/mol. The van der Waals surface area contributed by atoms with E-state index in [9.17, 15) is 0 Å². The number of rotatable bonds is 2. The van der Waals surface area contributed by atoms with Crippen molar-refractivity contribution < 1.29 is 9.31 Å². The summed E-state index contributed by atoms with van der Waals surface area (Å²) >= 11 is 0. The molecule has 2 bridgehead atoms. The van der Waals surface area contributed by atoms with Gasteiger partial charge in [0.25, 0.3) is 0 Å². The molecular weight excluding hydrogens is 223 g/mol. The average Bonchev–Trinajstić information content (AvgIpc) is 2.90. The second kappa shape index (κ2) is 2.86. The van der Waals surface area contributed by atoms with Crippen LogP contribution in [0.1, 0.15) is 60.3 Å². The summed E-state index contributed by atoms with van der Waals surface area (Å²) in [6.45, 7) is 11.2. The van der Waals surface area contributed by atoms with Crippen molar-refractivity contribution in [2.45, 2.75) is 76.8 Å². The highest BCUT2D eigenvalue weighted by Crippen LogP contribution is 2.87. The lowest BCUT2D eigenvalue weighted by Gasteiger charge is -2.76. The molecule has 3 heteroatoms. The number of hydrogen-bond donors (Lipinski definition) is 0. The summed E-state index contributed by atoms with van der Waals surface area (Å²) in [6.07, 6.45) is 5.55. The lowest BCUT2D eigenvalue weighted by molar-refractivity contribution is -0.186. The van der Waals surface area contributed by atoms with Crippen LogP contribution >= 0.6 is 0 Å². The smallest absolute Gasteiger partial charge is 0.403 e. The van der Waals surface area contributed by atoms with Crippen molar-refractivity contribution in [3.05, 3.63) is 0 Å². The lowest BCUT2D eigenvalue weighted by Crippen LogP contribution is -2.70. The molecule has 2 nitrogen and oxygen atoms in total. The first-order valence-electron chi connectivity index (χ1n) is 7.56. The van der Waals surface area contributed by atoms with Crippen LogP contribution in [0.25, 0.3) is 0 Å². The molecule has 0 aromatic carbocycles. The normalized spacial score (nSPS) is 51.8. The van der Waals surface area contributed by atoms with E-state index >= 15 is 0 Å². The molecule has 5 aliphatic rings. The Labute approximate surface area is 111 Å². The maximum atomic E-state index is 6.34. The van der Waals surface area contributed by atoms with Gasteiger partial charge in [0.2, 0.25) is 0 Å². The van der Waals surface area contributed by atoms with E-state index in [2.05, 4.69) is 34.6 Å². The fourth-order valence-electron chi connectivity index (χ4n) is 5.18. The van der Waals surface area contributed by atoms with Crippen LogP contribution in [0.15, 0.2) is 0 Å². The predicted octanol–water partition coefficient (Wildman–Crippen LogP) is 3.66. The minimum absolute atomic E-state index is 0.0509. The fourth-order valence-corrected chi connectivity index (χ4v) is 5.18. The van der Waals surface area contributed by atoms with Gasteiger partial charge in [-0.25, -0.2) is 0 Å². The number of hydrogen-bond acceptors (Lipinski definition) is 2. The first-order valence-corrected chi connectivity index (χ1v) is 7.56. The van der Waals surface area contributed by atoms with Crippen molar-refractivity contribution in [2.75, 3.05) is 0 Å². The van der Waals surface area contributed by atoms with Crippen LogP contribution in [0.5, 0.6) is 0 Å². The van der Waals surface area contributed by atoms with E-state index in [1.165, 1.54) is 25.7 Å². The summed E-state index contributed by atoms with van der Waals surface area (Å²) in [7, 11) is 0.0509. The first-order chi connectivity index (χ1) is 8.20. The van der Waals surface area contributed by atoms with Crippen molar-refractivity contribution in [1.82, 2.24) is 0 Å². The Kier molecular flexibility index (Phi) is 1.87. The Morgan fingerprint density at radius 2 is 1.39 bits per heavy atom. The van der Waals surface area contributed by atoms with Crippen molar-refractivity contribution in [1.29, 1.82) is 0 Å². The van der Waals surface area contributed by atoms with E-state index in [0.717, 1.165) is 11.8 Å². The Morgan fingerprint density at radius 3 is 1.78 bits per heavy atom. The summed E-state index contributed by atoms with van der Waals surface area (Å²) in [5.74, 6) is 1.87. The fraction of sp³-hybridized carbons (Fsp3) is 1.00. The second-order valence-corrected chi connectivity index (χ2v) is 8.64. The van der Waals surface area contributed by atoms with Gasteiger partial charge in [-0.1, -0.05) is 6.92 Å². The van der Waals surface area contributed by atoms with E-state index in [0.29, 0.717) is 10.7 Å². The molecule has 0 amide bonds. The molecule has 0 aromatic rings. The van der Waals surface area contributed by atoms with Crippen LogP contribution in [0.2, 0.25) is 5.31 Å². The maximum absolute atomic E-state index is 6.34. The van der Waals surface area contributed by atoms with Crippen molar-refractivity contribution in [3.8, 4) is 0 Å². The molecular formula is C15H25BO2. The molecule has 1 heterocycles. The lowest BCUT2D eigenvalue weighted by atomic mass is 9.19. The van der Waals surface area contributed by atoms with E-state index in [-0.39, 0.29) is 18.3 Å². The van der Waals surface area contributed by atoms with Crippen LogP contribution in [-0.4, -0.2) is 18.3 Å². The zero-order chi connectivity index (χ0) is 13.0. The summed E-state index contributed by atoms with van der Waals surface area (Å²) in [5, 5.41) is 0.376. The third kappa shape index (κ3) is 1.15. The van der Waals surface area contributed by atoms with Crippen molar-refractivity contribution in [2.24, 2.45) is 17.3 Å². The minimum atomic E-state index is -0.165. The van der Waals surface area contributed by atoms with Crippen LogP contribution in [0, 0.1) is 17.3 Å². The predicted molar refractivity (Wildman–Crippen MR) is 72.3 cm³/mol. The van der Waals surface area contributed by atoms with E-state index in [4.69, 9.17) is 9.31 Å². The third-order valence-corrected chi connectivity index (χ3v) is 6.65. The highest BCUT2D eigenvalue weighted by Gasteiger charge is 2.82. The van der Waals surface area contributed by atoms with Gasteiger partial charge in [0.05, 0.1) is 11.2 Å². The standard InChI is InChI=1S/C15H25BO2/c1-12(2)13(3,4)18-16(17-12)15-8-14(5,9-15)11(15)10-6-7-10/h10-11H,6-9H2,1-5H3/t11-,14?,15?/m0/s1. The van der Waals surface area contributed by atoms with E-state index in [1.54, 1.807) is 0 Å². The molecule has 4 saturated carbocycles. The molecule has 0 radical (unpaired) electrons. The first kappa shape index (κ1) is 11.8. The van der Waals surface area contributed by atoms with Crippen molar-refractivity contribution in [3.63, 3.8) is 0 Å². The van der Waals surface area contributed by atoms with Crippen LogP contribution < -0.4 is 0 Å². The summed E-state index contributed by atoms with van der Waals surface area (Å²) in [6, 6.07) is 0. The minimum Gasteiger partial charge on any atom is -0.403 e. The molecule has 0 spiro atoms. The van der Waals surface area contributed by atoms with Gasteiger partial charge >= 0.3 is 7.12 Å². The van der Waals surface area contributed by atoms with Crippen molar-refractivity contribution >= 4 is 7.12 Å². The largest absolute Gasteiger partial charge is 0.464 e. The quantitative estimate of drug-likeness (QED) is 0.694. The van der Waals surface area contributed by atoms with Crippen LogP contribution in [0.4, 0.5) is 0 Å². The van der Waals surface area contributed by atoms with E-state index < -0.39 is 0 Å². The summed E-state index contributed by atoms with van der Waals surface area (Å²) in [4.78, 5) is 0. The molecule has 1 saturated heterocycles. The van der Waals surface area contributed by atoms with Gasteiger partial charge in [0.15, 0.2) is 0 Å². The highest BCUT2D eigenvalue weighted by molar-refractivity contribution is 6.51. The van der Waals surface area contributed by atoms with Crippen LogP contribution in [0.3, 0.4) is 0 Å². The molecule has 100 valence electrons. The van der Waals surface area contributed by atoms with Gasteiger partial charge in [-0.05, 0) is 70.6 Å². The van der Waals surface area contributed by atoms with Gasteiger partial charge < -0.3 is 9.31 Å². The molecule has 1 atom stereocenters. The zero-order valence-corrected chi connectivity index (χ0v) is 12.4. The van der Waals surface area contributed by atoms with E-state index in [1.807, 2.05) is 0 Å². The Bertz CT molecular complexity index is 389. The summed E-state index contributed by atoms with van der Waals surface area (Å²) < 4.78 is 12.7. The maximum Gasteiger partial charge on any atom is 0.464 e. The third-order valence-electron chi connectivity index (χ3n) is 6.65. The average molecular weight is 248 g/mol. The Morgan fingerprint density at radius 1 is 0.889 bits per heavy atom. The van der Waals surface area contributed by atoms with Gasteiger partial charge in [-0.2, -0.15) is 0 Å². The molecule has 4 aliphatic carbocycles. The topological polar surface area (TPSA) is 18.5 Å². The highest BCUT2D eigenvalue weighted by atomic mass is 16.7. The second-order valence-electron chi connectivity index (χ2n) is 8.64.